The van der Waals surface area contributed by atoms with Gasteiger partial charge in [-0.1, -0.05) is 12.1 Å². The molecule has 0 bridgehead atoms. The Labute approximate surface area is 182 Å². The maximum Gasteiger partial charge on any atom is 0.251 e. The summed E-state index contributed by atoms with van der Waals surface area (Å²) in [5.41, 5.74) is 2.35. The van der Waals surface area contributed by atoms with Gasteiger partial charge < -0.3 is 24.4 Å². The predicted octanol–water partition coefficient (Wildman–Crippen LogP) is 3.28. The van der Waals surface area contributed by atoms with E-state index in [0.717, 1.165) is 24.0 Å². The van der Waals surface area contributed by atoms with Crippen LogP contribution in [0.1, 0.15) is 34.3 Å². The van der Waals surface area contributed by atoms with Crippen molar-refractivity contribution in [3.05, 3.63) is 59.2 Å². The highest BCUT2D eigenvalue weighted by molar-refractivity contribution is 5.94. The number of ether oxygens (including phenoxy) is 3. The first-order chi connectivity index (χ1) is 15.0. The van der Waals surface area contributed by atoms with Gasteiger partial charge in [-0.25, -0.2) is 0 Å². The molecule has 2 amide bonds. The Morgan fingerprint density at radius 3 is 2.13 bits per heavy atom. The lowest BCUT2D eigenvalue weighted by atomic mass is 10.1. The molecule has 2 aromatic carbocycles. The smallest absolute Gasteiger partial charge is 0.251 e. The summed E-state index contributed by atoms with van der Waals surface area (Å²) in [6.07, 6.45) is 5.31. The number of carbonyl (C=O) groups excluding carboxylic acids is 2. The van der Waals surface area contributed by atoms with E-state index < -0.39 is 0 Å². The maximum absolute atomic E-state index is 12.9. The Morgan fingerprint density at radius 2 is 1.65 bits per heavy atom. The summed E-state index contributed by atoms with van der Waals surface area (Å²) >= 11 is 0. The Morgan fingerprint density at radius 1 is 1.03 bits per heavy atom. The van der Waals surface area contributed by atoms with Crippen molar-refractivity contribution in [3.63, 3.8) is 0 Å². The van der Waals surface area contributed by atoms with E-state index in [4.69, 9.17) is 14.2 Å². The zero-order valence-electron chi connectivity index (χ0n) is 18.3. The second kappa shape index (κ2) is 10.0. The lowest BCUT2D eigenvalue weighted by molar-refractivity contribution is -0.127. The molecule has 7 nitrogen and oxygen atoms in total. The monoisotopic (exact) mass is 424 g/mol. The van der Waals surface area contributed by atoms with Crippen LogP contribution in [0.2, 0.25) is 0 Å². The summed E-state index contributed by atoms with van der Waals surface area (Å²) in [4.78, 5) is 26.5. The first kappa shape index (κ1) is 22.2. The van der Waals surface area contributed by atoms with Crippen LogP contribution in [-0.2, 0) is 11.3 Å². The van der Waals surface area contributed by atoms with Crippen LogP contribution in [0.5, 0.6) is 17.2 Å². The number of benzene rings is 2. The number of hydrogen-bond acceptors (Lipinski definition) is 5. The van der Waals surface area contributed by atoms with Gasteiger partial charge in [-0.05, 0) is 54.3 Å². The Bertz CT molecular complexity index is 939. The molecule has 0 spiro atoms. The number of nitrogens with one attached hydrogen (secondary N) is 1. The molecule has 31 heavy (non-hydrogen) atoms. The van der Waals surface area contributed by atoms with E-state index in [1.807, 2.05) is 17.0 Å². The van der Waals surface area contributed by atoms with Crippen molar-refractivity contribution in [2.24, 2.45) is 0 Å². The zero-order chi connectivity index (χ0) is 22.4. The second-order valence-electron chi connectivity index (χ2n) is 7.27. The molecular formula is C24H28N2O5. The average Bonchev–Trinajstić information content (AvgIpc) is 3.65. The molecule has 1 fully saturated rings. The van der Waals surface area contributed by atoms with Crippen LogP contribution < -0.4 is 19.5 Å². The fraction of sp³-hybridized carbons (Fsp3) is 0.333. The maximum atomic E-state index is 12.9. The number of hydrogen-bond donors (Lipinski definition) is 1. The molecule has 0 aromatic heterocycles. The van der Waals surface area contributed by atoms with Gasteiger partial charge in [0.25, 0.3) is 5.91 Å². The van der Waals surface area contributed by atoms with Gasteiger partial charge in [-0.2, -0.15) is 0 Å². The number of amides is 2. The Kier molecular flexibility index (Phi) is 7.18. The summed E-state index contributed by atoms with van der Waals surface area (Å²) in [5, 5.41) is 2.61. The van der Waals surface area contributed by atoms with E-state index in [1.54, 1.807) is 64.8 Å². The summed E-state index contributed by atoms with van der Waals surface area (Å²) < 4.78 is 16.1. The molecule has 0 radical (unpaired) electrons. The molecule has 7 heteroatoms. The molecular weight excluding hydrogens is 396 g/mol. The van der Waals surface area contributed by atoms with Gasteiger partial charge in [0, 0.05) is 31.3 Å². The molecule has 1 N–H and O–H groups in total. The average molecular weight is 424 g/mol. The van der Waals surface area contributed by atoms with E-state index in [9.17, 15) is 9.59 Å². The van der Waals surface area contributed by atoms with E-state index in [-0.39, 0.29) is 17.9 Å². The third-order valence-electron chi connectivity index (χ3n) is 5.17. The number of carbonyl (C=O) groups is 2. The van der Waals surface area contributed by atoms with Crippen LogP contribution in [-0.4, -0.2) is 51.1 Å². The van der Waals surface area contributed by atoms with Gasteiger partial charge >= 0.3 is 0 Å². The number of methoxy groups -OCH3 is 3. The third kappa shape index (κ3) is 5.36. The molecule has 0 atom stereocenters. The van der Waals surface area contributed by atoms with Crippen LogP contribution in [0.3, 0.4) is 0 Å². The molecule has 0 saturated heterocycles. The standard InChI is InChI=1S/C24H28N2O5/c1-25-24(28)18-8-5-16(6-9-18)15-26(19-10-11-19)22(27)12-7-17-13-20(29-2)23(31-4)21(14-17)30-3/h5-9,12-14,19H,10-11,15H2,1-4H3,(H,25,28)/b12-7+. The van der Waals surface area contributed by atoms with Crippen molar-refractivity contribution in [1.29, 1.82) is 0 Å². The second-order valence-corrected chi connectivity index (χ2v) is 7.27. The Balaban J connectivity index is 1.75. The quantitative estimate of drug-likeness (QED) is 0.625. The molecule has 0 aliphatic heterocycles. The van der Waals surface area contributed by atoms with Gasteiger partial charge in [0.1, 0.15) is 0 Å². The molecule has 164 valence electrons. The molecule has 2 aromatic rings. The minimum absolute atomic E-state index is 0.0633. The lowest BCUT2D eigenvalue weighted by Crippen LogP contribution is -2.31. The van der Waals surface area contributed by atoms with Crippen molar-refractivity contribution in [3.8, 4) is 17.2 Å². The van der Waals surface area contributed by atoms with Gasteiger partial charge in [0.2, 0.25) is 11.7 Å². The summed E-state index contributed by atoms with van der Waals surface area (Å²) in [7, 11) is 6.26. The third-order valence-corrected chi connectivity index (χ3v) is 5.17. The van der Waals surface area contributed by atoms with Crippen molar-refractivity contribution in [2.75, 3.05) is 28.4 Å². The minimum Gasteiger partial charge on any atom is -0.493 e. The van der Waals surface area contributed by atoms with Crippen LogP contribution in [0, 0.1) is 0 Å². The van der Waals surface area contributed by atoms with E-state index >= 15 is 0 Å². The van der Waals surface area contributed by atoms with Crippen LogP contribution in [0.25, 0.3) is 6.08 Å². The van der Waals surface area contributed by atoms with Crippen LogP contribution in [0.4, 0.5) is 0 Å². The van der Waals surface area contributed by atoms with E-state index in [0.29, 0.717) is 29.4 Å². The first-order valence-corrected chi connectivity index (χ1v) is 10.1. The van der Waals surface area contributed by atoms with E-state index in [1.165, 1.54) is 0 Å². The highest BCUT2D eigenvalue weighted by atomic mass is 16.5. The van der Waals surface area contributed by atoms with E-state index in [2.05, 4.69) is 5.32 Å². The zero-order valence-corrected chi connectivity index (χ0v) is 18.3. The molecule has 1 saturated carbocycles. The molecule has 3 rings (SSSR count). The van der Waals surface area contributed by atoms with Crippen LogP contribution >= 0.6 is 0 Å². The Hall–Kier alpha value is -3.48. The summed E-state index contributed by atoms with van der Waals surface area (Å²) in [5.74, 6) is 1.38. The SMILES string of the molecule is CNC(=O)c1ccc(CN(C(=O)/C=C/c2cc(OC)c(OC)c(OC)c2)C2CC2)cc1. The summed E-state index contributed by atoms with van der Waals surface area (Å²) in [6, 6.07) is 11.2. The predicted molar refractivity (Wildman–Crippen MR) is 119 cm³/mol. The minimum atomic E-state index is -0.130. The first-order valence-electron chi connectivity index (χ1n) is 10.1. The van der Waals surface area contributed by atoms with Crippen molar-refractivity contribution < 1.29 is 23.8 Å². The molecule has 0 unspecified atom stereocenters. The van der Waals surface area contributed by atoms with Gasteiger partial charge in [0.05, 0.1) is 21.3 Å². The van der Waals surface area contributed by atoms with Gasteiger partial charge in [0.15, 0.2) is 11.5 Å². The van der Waals surface area contributed by atoms with Gasteiger partial charge in [-0.3, -0.25) is 9.59 Å². The normalized spacial score (nSPS) is 13.0. The summed E-state index contributed by atoms with van der Waals surface area (Å²) in [6.45, 7) is 0.497. The number of rotatable bonds is 9. The van der Waals surface area contributed by atoms with Gasteiger partial charge in [-0.15, -0.1) is 0 Å². The molecule has 0 heterocycles. The largest absolute Gasteiger partial charge is 0.493 e. The fourth-order valence-electron chi connectivity index (χ4n) is 3.34. The number of nitrogens with zero attached hydrogens (tertiary/aromatic N) is 1. The highest BCUT2D eigenvalue weighted by Gasteiger charge is 2.31. The molecule has 1 aliphatic carbocycles. The van der Waals surface area contributed by atoms with Crippen molar-refractivity contribution in [1.82, 2.24) is 10.2 Å². The lowest BCUT2D eigenvalue weighted by Gasteiger charge is -2.21. The fourth-order valence-corrected chi connectivity index (χ4v) is 3.34. The molecule has 1 aliphatic rings. The van der Waals surface area contributed by atoms with Crippen LogP contribution in [0.15, 0.2) is 42.5 Å². The van der Waals surface area contributed by atoms with Crippen molar-refractivity contribution >= 4 is 17.9 Å². The highest BCUT2D eigenvalue weighted by Crippen LogP contribution is 2.38. The topological polar surface area (TPSA) is 77.1 Å². The van der Waals surface area contributed by atoms with Crippen molar-refractivity contribution in [2.45, 2.75) is 25.4 Å².